The molecule has 6 nitrogen and oxygen atoms in total. The van der Waals surface area contributed by atoms with Gasteiger partial charge >= 0.3 is 0 Å². The lowest BCUT2D eigenvalue weighted by atomic mass is 10.1. The summed E-state index contributed by atoms with van der Waals surface area (Å²) in [5, 5.41) is 5.82. The third kappa shape index (κ3) is 7.40. The number of nitrogens with one attached hydrogen (secondary N) is 2. The number of carbonyl (C=O) groups is 2. The van der Waals surface area contributed by atoms with Crippen molar-refractivity contribution in [2.75, 3.05) is 30.3 Å². The lowest BCUT2D eigenvalue weighted by Gasteiger charge is -2.22. The summed E-state index contributed by atoms with van der Waals surface area (Å²) in [4.78, 5) is 27.3. The molecule has 2 N–H and O–H groups in total. The third-order valence-electron chi connectivity index (χ3n) is 5.26. The molecule has 0 heterocycles. The summed E-state index contributed by atoms with van der Waals surface area (Å²) in [7, 11) is 0. The van der Waals surface area contributed by atoms with Crippen molar-refractivity contribution in [1.29, 1.82) is 0 Å². The molecule has 1 aliphatic rings. The Morgan fingerprint density at radius 3 is 2.19 bits per heavy atom. The zero-order valence-electron chi connectivity index (χ0n) is 18.7. The van der Waals surface area contributed by atoms with E-state index < -0.39 is 0 Å². The van der Waals surface area contributed by atoms with Crippen molar-refractivity contribution in [3.05, 3.63) is 54.1 Å². The third-order valence-corrected chi connectivity index (χ3v) is 5.26. The molecule has 0 spiro atoms. The van der Waals surface area contributed by atoms with Crippen molar-refractivity contribution >= 4 is 23.2 Å². The van der Waals surface area contributed by atoms with Crippen molar-refractivity contribution in [2.45, 2.75) is 46.1 Å². The van der Waals surface area contributed by atoms with Gasteiger partial charge in [-0.25, -0.2) is 0 Å². The summed E-state index contributed by atoms with van der Waals surface area (Å²) < 4.78 is 5.41. The topological polar surface area (TPSA) is 70.7 Å². The van der Waals surface area contributed by atoms with E-state index in [0.717, 1.165) is 18.7 Å². The van der Waals surface area contributed by atoms with E-state index in [4.69, 9.17) is 4.74 Å². The number of amides is 2. The largest absolute Gasteiger partial charge is 0.494 e. The first-order valence-electron chi connectivity index (χ1n) is 11.1. The fourth-order valence-corrected chi connectivity index (χ4v) is 3.35. The van der Waals surface area contributed by atoms with Crippen LogP contribution in [0.25, 0.3) is 0 Å². The van der Waals surface area contributed by atoms with Gasteiger partial charge in [0.2, 0.25) is 5.91 Å². The monoisotopic (exact) mass is 423 g/mol. The average molecular weight is 424 g/mol. The first-order chi connectivity index (χ1) is 14.9. The molecule has 0 aromatic heterocycles. The second-order valence-corrected chi connectivity index (χ2v) is 8.42. The number of benzene rings is 2. The van der Waals surface area contributed by atoms with Crippen LogP contribution >= 0.6 is 0 Å². The number of ether oxygens (including phenoxy) is 1. The second kappa shape index (κ2) is 11.0. The van der Waals surface area contributed by atoms with E-state index in [1.54, 1.807) is 24.3 Å². The molecule has 0 aliphatic heterocycles. The molecular weight excluding hydrogens is 390 g/mol. The highest BCUT2D eigenvalue weighted by Gasteiger charge is 2.30. The van der Waals surface area contributed by atoms with Gasteiger partial charge in [0.15, 0.2) is 0 Å². The molecule has 2 amide bonds. The number of nitrogens with zero attached hydrogens (tertiary/aromatic N) is 1. The quantitative estimate of drug-likeness (QED) is 0.545. The van der Waals surface area contributed by atoms with E-state index in [1.807, 2.05) is 31.2 Å². The van der Waals surface area contributed by atoms with Gasteiger partial charge in [0.05, 0.1) is 13.2 Å². The van der Waals surface area contributed by atoms with Crippen LogP contribution in [0.2, 0.25) is 0 Å². The number of anilines is 2. The van der Waals surface area contributed by atoms with E-state index in [0.29, 0.717) is 42.0 Å². The molecule has 0 bridgehead atoms. The molecule has 1 fully saturated rings. The first kappa shape index (κ1) is 22.8. The molecule has 6 heteroatoms. The van der Waals surface area contributed by atoms with Gasteiger partial charge in [0.1, 0.15) is 5.75 Å². The van der Waals surface area contributed by atoms with Crippen molar-refractivity contribution in [3.8, 4) is 5.75 Å². The van der Waals surface area contributed by atoms with Crippen LogP contribution in [-0.4, -0.2) is 42.5 Å². The normalized spacial score (nSPS) is 13.3. The standard InChI is InChI=1S/C25H33N3O3/c1-4-31-23-13-9-21(10-14-23)27-25(30)19-5-7-20(8-6-19)26-24(29)17-28(22-11-12-22)16-15-18(2)3/h5-10,13-14,18,22H,4,11-12,15-17H2,1-3H3,(H,26,29)(H,27,30). The fourth-order valence-electron chi connectivity index (χ4n) is 3.35. The van der Waals surface area contributed by atoms with Crippen LogP contribution in [0.15, 0.2) is 48.5 Å². The Morgan fingerprint density at radius 1 is 1.00 bits per heavy atom. The van der Waals surface area contributed by atoms with Gasteiger partial charge in [-0.05, 0) is 87.2 Å². The van der Waals surface area contributed by atoms with Gasteiger partial charge in [-0.15, -0.1) is 0 Å². The van der Waals surface area contributed by atoms with Gasteiger partial charge < -0.3 is 15.4 Å². The van der Waals surface area contributed by atoms with Crippen LogP contribution < -0.4 is 15.4 Å². The number of carbonyl (C=O) groups excluding carboxylic acids is 2. The van der Waals surface area contributed by atoms with Crippen LogP contribution in [-0.2, 0) is 4.79 Å². The minimum absolute atomic E-state index is 0.0118. The maximum absolute atomic E-state index is 12.5. The number of rotatable bonds is 11. The van der Waals surface area contributed by atoms with E-state index >= 15 is 0 Å². The zero-order valence-corrected chi connectivity index (χ0v) is 18.7. The first-order valence-corrected chi connectivity index (χ1v) is 11.1. The predicted octanol–water partition coefficient (Wildman–Crippen LogP) is 4.79. The van der Waals surface area contributed by atoms with Gasteiger partial charge in [-0.2, -0.15) is 0 Å². The molecule has 0 radical (unpaired) electrons. The highest BCUT2D eigenvalue weighted by atomic mass is 16.5. The molecule has 2 aromatic rings. The molecule has 0 unspecified atom stereocenters. The molecule has 1 aliphatic carbocycles. The van der Waals surface area contributed by atoms with E-state index in [2.05, 4.69) is 29.4 Å². The van der Waals surface area contributed by atoms with E-state index in [9.17, 15) is 9.59 Å². The Kier molecular flexibility index (Phi) is 8.06. The summed E-state index contributed by atoms with van der Waals surface area (Å²) in [6.45, 7) is 8.32. The van der Waals surface area contributed by atoms with Crippen LogP contribution in [0.4, 0.5) is 11.4 Å². The molecule has 3 rings (SSSR count). The van der Waals surface area contributed by atoms with Crippen molar-refractivity contribution in [3.63, 3.8) is 0 Å². The Labute approximate surface area is 185 Å². The zero-order chi connectivity index (χ0) is 22.2. The minimum Gasteiger partial charge on any atom is -0.494 e. The summed E-state index contributed by atoms with van der Waals surface area (Å²) in [5.41, 5.74) is 1.93. The molecule has 0 saturated heterocycles. The maximum atomic E-state index is 12.5. The lowest BCUT2D eigenvalue weighted by molar-refractivity contribution is -0.117. The Balaban J connectivity index is 1.50. The lowest BCUT2D eigenvalue weighted by Crippen LogP contribution is -2.36. The molecule has 31 heavy (non-hydrogen) atoms. The highest BCUT2D eigenvalue weighted by molar-refractivity contribution is 6.04. The summed E-state index contributed by atoms with van der Waals surface area (Å²) in [5.74, 6) is 1.19. The maximum Gasteiger partial charge on any atom is 0.255 e. The average Bonchev–Trinajstić information content (AvgIpc) is 3.58. The van der Waals surface area contributed by atoms with Gasteiger partial charge in [-0.3, -0.25) is 14.5 Å². The Hall–Kier alpha value is -2.86. The van der Waals surface area contributed by atoms with Gasteiger partial charge in [0, 0.05) is 23.0 Å². The predicted molar refractivity (Wildman–Crippen MR) is 125 cm³/mol. The van der Waals surface area contributed by atoms with Gasteiger partial charge in [0.25, 0.3) is 5.91 Å². The van der Waals surface area contributed by atoms with Crippen LogP contribution in [0.3, 0.4) is 0 Å². The van der Waals surface area contributed by atoms with Crippen LogP contribution in [0.5, 0.6) is 5.75 Å². The molecule has 1 saturated carbocycles. The second-order valence-electron chi connectivity index (χ2n) is 8.42. The molecule has 2 aromatic carbocycles. The fraction of sp³-hybridized carbons (Fsp3) is 0.440. The van der Waals surface area contributed by atoms with Crippen molar-refractivity contribution in [1.82, 2.24) is 4.90 Å². The summed E-state index contributed by atoms with van der Waals surface area (Å²) in [6, 6.07) is 14.8. The minimum atomic E-state index is -0.198. The summed E-state index contributed by atoms with van der Waals surface area (Å²) in [6.07, 6.45) is 3.47. The SMILES string of the molecule is CCOc1ccc(NC(=O)c2ccc(NC(=O)CN(CCC(C)C)C3CC3)cc2)cc1. The van der Waals surface area contributed by atoms with Crippen LogP contribution in [0.1, 0.15) is 50.4 Å². The smallest absolute Gasteiger partial charge is 0.255 e. The highest BCUT2D eigenvalue weighted by Crippen LogP contribution is 2.27. The van der Waals surface area contributed by atoms with Crippen molar-refractivity contribution < 1.29 is 14.3 Å². The molecule has 0 atom stereocenters. The van der Waals surface area contributed by atoms with Crippen molar-refractivity contribution in [2.24, 2.45) is 5.92 Å². The summed E-state index contributed by atoms with van der Waals surface area (Å²) >= 11 is 0. The Bertz CT molecular complexity index is 859. The van der Waals surface area contributed by atoms with Gasteiger partial charge in [-0.1, -0.05) is 13.8 Å². The number of hydrogen-bond acceptors (Lipinski definition) is 4. The van der Waals surface area contributed by atoms with E-state index in [-0.39, 0.29) is 11.8 Å². The molecular formula is C25H33N3O3. The van der Waals surface area contributed by atoms with E-state index in [1.165, 1.54) is 12.8 Å². The number of hydrogen-bond donors (Lipinski definition) is 2. The Morgan fingerprint density at radius 2 is 1.61 bits per heavy atom. The molecule has 166 valence electrons. The van der Waals surface area contributed by atoms with Crippen LogP contribution in [0, 0.1) is 5.92 Å².